The first-order valence-corrected chi connectivity index (χ1v) is 16.4. The van der Waals surface area contributed by atoms with E-state index < -0.39 is 22.0 Å². The van der Waals surface area contributed by atoms with Crippen LogP contribution in [-0.4, -0.2) is 51.0 Å². The largest absolute Gasteiger partial charge is 0.490 e. The Kier molecular flexibility index (Phi) is 6.44. The number of nitrogens with one attached hydrogen (secondary N) is 1. The lowest BCUT2D eigenvalue weighted by molar-refractivity contribution is 0.0455. The molecule has 5 aliphatic rings. The smallest absolute Gasteiger partial charge is 0.264 e. The monoisotopic (exact) mass is 582 g/mol. The van der Waals surface area contributed by atoms with Crippen LogP contribution in [0.25, 0.3) is 0 Å². The molecular formula is C31H35ClN2O5S. The van der Waals surface area contributed by atoms with Crippen molar-refractivity contribution in [3.8, 4) is 5.75 Å². The molecule has 2 aromatic carbocycles. The number of rotatable bonds is 0. The van der Waals surface area contributed by atoms with Crippen molar-refractivity contribution in [2.75, 3.05) is 30.3 Å². The average Bonchev–Trinajstić information content (AvgIpc) is 3.65. The average molecular weight is 583 g/mol. The van der Waals surface area contributed by atoms with Gasteiger partial charge in [0.1, 0.15) is 5.75 Å². The second-order valence-corrected chi connectivity index (χ2v) is 14.7. The number of halogens is 1. The molecule has 2 unspecified atom stereocenters. The van der Waals surface area contributed by atoms with Crippen LogP contribution in [0.2, 0.25) is 5.02 Å². The van der Waals surface area contributed by atoms with E-state index in [1.54, 1.807) is 18.2 Å². The van der Waals surface area contributed by atoms with Crippen molar-refractivity contribution in [1.82, 2.24) is 4.72 Å². The molecule has 2 saturated carbocycles. The Morgan fingerprint density at radius 2 is 1.98 bits per heavy atom. The van der Waals surface area contributed by atoms with Crippen LogP contribution >= 0.6 is 11.6 Å². The first kappa shape index (κ1) is 26.4. The molecule has 212 valence electrons. The fourth-order valence-electron chi connectivity index (χ4n) is 7.43. The predicted molar refractivity (Wildman–Crippen MR) is 154 cm³/mol. The van der Waals surface area contributed by atoms with Crippen LogP contribution in [0.4, 0.5) is 5.69 Å². The molecule has 2 heterocycles. The van der Waals surface area contributed by atoms with Crippen molar-refractivity contribution >= 4 is 33.2 Å². The number of nitrogens with zero attached hydrogens (tertiary/aromatic N) is 1. The number of ether oxygens (including phenoxy) is 1. The lowest BCUT2D eigenvalue weighted by Crippen LogP contribution is -2.49. The van der Waals surface area contributed by atoms with Crippen molar-refractivity contribution in [2.45, 2.75) is 50.0 Å². The van der Waals surface area contributed by atoms with E-state index in [9.17, 15) is 18.3 Å². The maximum atomic E-state index is 13.2. The van der Waals surface area contributed by atoms with Crippen LogP contribution in [0.15, 0.2) is 48.6 Å². The Morgan fingerprint density at radius 3 is 2.80 bits per heavy atom. The van der Waals surface area contributed by atoms with Gasteiger partial charge in [0.05, 0.1) is 24.2 Å². The summed E-state index contributed by atoms with van der Waals surface area (Å²) in [5.41, 5.74) is 3.37. The Hall–Kier alpha value is -2.55. The first-order valence-electron chi connectivity index (χ1n) is 14.4. The molecule has 9 heteroatoms. The summed E-state index contributed by atoms with van der Waals surface area (Å²) >= 11 is 6.37. The number of hydrogen-bond acceptors (Lipinski definition) is 6. The molecule has 1 spiro atoms. The van der Waals surface area contributed by atoms with E-state index in [1.165, 1.54) is 11.1 Å². The van der Waals surface area contributed by atoms with Crippen LogP contribution in [0.1, 0.15) is 53.6 Å². The van der Waals surface area contributed by atoms with Crippen molar-refractivity contribution in [1.29, 1.82) is 0 Å². The third-order valence-electron chi connectivity index (χ3n) is 9.88. The molecular weight excluding hydrogens is 548 g/mol. The van der Waals surface area contributed by atoms with Gasteiger partial charge in [-0.15, -0.1) is 0 Å². The molecule has 2 aliphatic heterocycles. The number of aryl methyl sites for hydroxylation is 1. The number of amides is 1. The van der Waals surface area contributed by atoms with E-state index in [0.29, 0.717) is 30.4 Å². The molecule has 0 saturated heterocycles. The minimum atomic E-state index is -3.79. The first-order chi connectivity index (χ1) is 19.2. The Bertz CT molecular complexity index is 1490. The van der Waals surface area contributed by atoms with Gasteiger partial charge in [0, 0.05) is 29.1 Å². The molecule has 2 aromatic rings. The Morgan fingerprint density at radius 1 is 1.10 bits per heavy atom. The van der Waals surface area contributed by atoms with Crippen LogP contribution in [0.5, 0.6) is 5.75 Å². The molecule has 0 radical (unpaired) electrons. The summed E-state index contributed by atoms with van der Waals surface area (Å²) in [6.45, 7) is 1.94. The number of aliphatic hydroxyl groups is 1. The molecule has 40 heavy (non-hydrogen) atoms. The van der Waals surface area contributed by atoms with Gasteiger partial charge in [0.2, 0.25) is 10.0 Å². The fraction of sp³-hybridized carbons (Fsp3) is 0.516. The summed E-state index contributed by atoms with van der Waals surface area (Å²) in [6, 6.07) is 11.4. The summed E-state index contributed by atoms with van der Waals surface area (Å²) in [4.78, 5) is 15.5. The third kappa shape index (κ3) is 4.82. The van der Waals surface area contributed by atoms with Gasteiger partial charge in [0.15, 0.2) is 0 Å². The molecule has 0 aromatic heterocycles. The SMILES string of the molecule is O=C1NS(=O)(=O)CC2CC2/C=C/[C@H](O)[C@@H]2CC[C@H]2CN2C[C@@]3(CCCc4cc(Cl)ccc43)COc3ccc1cc32. The molecule has 3 aliphatic carbocycles. The van der Waals surface area contributed by atoms with Gasteiger partial charge in [-0.05, 0) is 104 Å². The summed E-state index contributed by atoms with van der Waals surface area (Å²) in [5.74, 6) is 0.531. The molecule has 7 rings (SSSR count). The van der Waals surface area contributed by atoms with Gasteiger partial charge in [-0.1, -0.05) is 29.8 Å². The van der Waals surface area contributed by atoms with Crippen molar-refractivity contribution in [3.05, 3.63) is 70.3 Å². The van der Waals surface area contributed by atoms with Crippen molar-refractivity contribution < 1.29 is 23.1 Å². The topological polar surface area (TPSA) is 95.9 Å². The van der Waals surface area contributed by atoms with Crippen LogP contribution < -0.4 is 14.4 Å². The summed E-state index contributed by atoms with van der Waals surface area (Å²) < 4.78 is 34.4. The summed E-state index contributed by atoms with van der Waals surface area (Å²) in [5, 5.41) is 11.8. The highest BCUT2D eigenvalue weighted by atomic mass is 35.5. The van der Waals surface area contributed by atoms with Gasteiger partial charge in [-0.25, -0.2) is 13.1 Å². The molecule has 2 bridgehead atoms. The standard InChI is InChI=1S/C31H35ClN2O5S/c32-24-6-8-26-20(13-24)2-1-11-31(26)17-34-15-22-3-7-25(22)28(35)9-4-19-12-23(19)16-40(37,38)33-30(36)21-5-10-29(39-18-31)27(34)14-21/h4-6,8-10,13-14,19,22-23,25,28,35H,1-3,7,11-12,15-18H2,(H,33,36)/b9-4+/t19?,22-,23?,25+,28-,31-/m0/s1. The fourth-order valence-corrected chi connectivity index (χ4v) is 9.06. The number of allylic oxidation sites excluding steroid dienone is 1. The predicted octanol–water partition coefficient (Wildman–Crippen LogP) is 4.47. The van der Waals surface area contributed by atoms with Gasteiger partial charge < -0.3 is 14.7 Å². The number of hydrogen-bond donors (Lipinski definition) is 2. The Balaban J connectivity index is 1.29. The molecule has 2 N–H and O–H groups in total. The van der Waals surface area contributed by atoms with Gasteiger partial charge in [-0.3, -0.25) is 4.79 Å². The molecule has 1 amide bonds. The number of aliphatic hydroxyl groups excluding tert-OH is 1. The second kappa shape index (κ2) is 9.78. The summed E-state index contributed by atoms with van der Waals surface area (Å²) in [7, 11) is -3.79. The quantitative estimate of drug-likeness (QED) is 0.445. The number of sulfonamides is 1. The van der Waals surface area contributed by atoms with Gasteiger partial charge >= 0.3 is 0 Å². The van der Waals surface area contributed by atoms with Crippen LogP contribution in [0, 0.1) is 23.7 Å². The van der Waals surface area contributed by atoms with E-state index in [1.807, 2.05) is 18.2 Å². The van der Waals surface area contributed by atoms with E-state index in [0.717, 1.165) is 55.8 Å². The van der Waals surface area contributed by atoms with E-state index in [-0.39, 0.29) is 28.9 Å². The van der Waals surface area contributed by atoms with Crippen LogP contribution in [-0.2, 0) is 21.9 Å². The van der Waals surface area contributed by atoms with Gasteiger partial charge in [-0.2, -0.15) is 0 Å². The number of carbonyl (C=O) groups excluding carboxylic acids is 1. The van der Waals surface area contributed by atoms with Crippen LogP contribution in [0.3, 0.4) is 0 Å². The third-order valence-corrected chi connectivity index (χ3v) is 11.5. The zero-order valence-electron chi connectivity index (χ0n) is 22.4. The number of benzene rings is 2. The zero-order valence-corrected chi connectivity index (χ0v) is 24.0. The highest BCUT2D eigenvalue weighted by Crippen LogP contribution is 2.47. The lowest BCUT2D eigenvalue weighted by Gasteiger charge is -2.45. The minimum absolute atomic E-state index is 0.0285. The normalized spacial score (nSPS) is 35.1. The molecule has 7 nitrogen and oxygen atoms in total. The number of carbonyl (C=O) groups is 1. The highest BCUT2D eigenvalue weighted by molar-refractivity contribution is 7.90. The Labute approximate surface area is 240 Å². The summed E-state index contributed by atoms with van der Waals surface area (Å²) in [6.07, 6.45) is 9.04. The zero-order chi connectivity index (χ0) is 27.6. The second-order valence-electron chi connectivity index (χ2n) is 12.5. The van der Waals surface area contributed by atoms with Crippen molar-refractivity contribution in [2.24, 2.45) is 23.7 Å². The number of anilines is 1. The van der Waals surface area contributed by atoms with E-state index in [4.69, 9.17) is 16.3 Å². The van der Waals surface area contributed by atoms with E-state index >= 15 is 0 Å². The highest BCUT2D eigenvalue weighted by Gasteiger charge is 2.45. The van der Waals surface area contributed by atoms with Crippen molar-refractivity contribution in [3.63, 3.8) is 0 Å². The van der Waals surface area contributed by atoms with E-state index in [2.05, 4.69) is 21.8 Å². The maximum absolute atomic E-state index is 13.2. The van der Waals surface area contributed by atoms with Gasteiger partial charge in [0.25, 0.3) is 5.91 Å². The number of fused-ring (bicyclic) bond motifs is 5. The molecule has 2 fully saturated rings. The lowest BCUT2D eigenvalue weighted by atomic mass is 9.68. The minimum Gasteiger partial charge on any atom is -0.490 e. The maximum Gasteiger partial charge on any atom is 0.264 e. The molecule has 6 atom stereocenters.